The first-order valence-electron chi connectivity index (χ1n) is 7.78. The van der Waals surface area contributed by atoms with Crippen molar-refractivity contribution in [3.05, 3.63) is 51.8 Å². The standard InChI is InChI=1S/C17H22BrN3/c1-3-19-16(17-15(18)11-20-21(17)4-2)14-10-9-12-7-5-6-8-13(12)14/h5-8,11,14,16,19H,3-4,9-10H2,1-2H3. The van der Waals surface area contributed by atoms with Crippen LogP contribution >= 0.6 is 15.9 Å². The van der Waals surface area contributed by atoms with Gasteiger partial charge in [-0.3, -0.25) is 4.68 Å². The van der Waals surface area contributed by atoms with Gasteiger partial charge in [0.2, 0.25) is 0 Å². The van der Waals surface area contributed by atoms with Crippen molar-refractivity contribution in [3.8, 4) is 0 Å². The molecule has 0 saturated carbocycles. The van der Waals surface area contributed by atoms with Crippen LogP contribution < -0.4 is 5.32 Å². The van der Waals surface area contributed by atoms with Crippen LogP contribution in [0.15, 0.2) is 34.9 Å². The van der Waals surface area contributed by atoms with E-state index in [1.54, 1.807) is 0 Å². The van der Waals surface area contributed by atoms with E-state index in [9.17, 15) is 0 Å². The van der Waals surface area contributed by atoms with E-state index >= 15 is 0 Å². The summed E-state index contributed by atoms with van der Waals surface area (Å²) in [5, 5.41) is 8.19. The molecule has 1 N–H and O–H groups in total. The molecule has 0 amide bonds. The minimum Gasteiger partial charge on any atom is -0.308 e. The second-order valence-corrected chi connectivity index (χ2v) is 6.43. The third kappa shape index (κ3) is 2.67. The van der Waals surface area contributed by atoms with Gasteiger partial charge >= 0.3 is 0 Å². The molecule has 1 heterocycles. The molecule has 21 heavy (non-hydrogen) atoms. The summed E-state index contributed by atoms with van der Waals surface area (Å²) < 4.78 is 3.22. The van der Waals surface area contributed by atoms with Gasteiger partial charge in [0, 0.05) is 12.5 Å². The lowest BCUT2D eigenvalue weighted by Gasteiger charge is -2.26. The predicted molar refractivity (Wildman–Crippen MR) is 89.5 cm³/mol. The van der Waals surface area contributed by atoms with E-state index in [0.29, 0.717) is 12.0 Å². The molecule has 2 aromatic rings. The summed E-state index contributed by atoms with van der Waals surface area (Å²) in [5.41, 5.74) is 4.28. The van der Waals surface area contributed by atoms with E-state index in [-0.39, 0.29) is 0 Å². The molecule has 2 unspecified atom stereocenters. The summed E-state index contributed by atoms with van der Waals surface area (Å²) in [6, 6.07) is 9.18. The molecule has 1 aromatic carbocycles. The number of aromatic nitrogens is 2. The van der Waals surface area contributed by atoms with Crippen molar-refractivity contribution in [3.63, 3.8) is 0 Å². The molecular weight excluding hydrogens is 326 g/mol. The molecule has 2 atom stereocenters. The highest BCUT2D eigenvalue weighted by molar-refractivity contribution is 9.10. The van der Waals surface area contributed by atoms with Gasteiger partial charge in [0.15, 0.2) is 0 Å². The molecule has 4 heteroatoms. The van der Waals surface area contributed by atoms with E-state index < -0.39 is 0 Å². The number of fused-ring (bicyclic) bond motifs is 1. The van der Waals surface area contributed by atoms with Gasteiger partial charge in [-0.1, -0.05) is 31.2 Å². The maximum atomic E-state index is 4.49. The molecule has 0 radical (unpaired) electrons. The smallest absolute Gasteiger partial charge is 0.0701 e. The summed E-state index contributed by atoms with van der Waals surface area (Å²) in [4.78, 5) is 0. The molecule has 0 fully saturated rings. The minimum atomic E-state index is 0.315. The predicted octanol–water partition coefficient (Wildman–Crippen LogP) is 4.05. The Morgan fingerprint density at radius 1 is 1.38 bits per heavy atom. The molecule has 0 spiro atoms. The molecule has 0 bridgehead atoms. The Morgan fingerprint density at radius 3 is 2.95 bits per heavy atom. The number of benzene rings is 1. The Bertz CT molecular complexity index is 620. The van der Waals surface area contributed by atoms with Crippen molar-refractivity contribution >= 4 is 15.9 Å². The van der Waals surface area contributed by atoms with Crippen molar-refractivity contribution in [2.24, 2.45) is 0 Å². The highest BCUT2D eigenvalue weighted by atomic mass is 79.9. The largest absolute Gasteiger partial charge is 0.308 e. The zero-order chi connectivity index (χ0) is 14.8. The lowest BCUT2D eigenvalue weighted by atomic mass is 9.91. The van der Waals surface area contributed by atoms with Crippen LogP contribution in [0.4, 0.5) is 0 Å². The van der Waals surface area contributed by atoms with E-state index in [4.69, 9.17) is 0 Å². The maximum absolute atomic E-state index is 4.49. The van der Waals surface area contributed by atoms with Gasteiger partial charge in [-0.15, -0.1) is 0 Å². The highest BCUT2D eigenvalue weighted by Crippen LogP contribution is 2.43. The first-order chi connectivity index (χ1) is 10.3. The van der Waals surface area contributed by atoms with Gasteiger partial charge in [0.05, 0.1) is 22.4 Å². The van der Waals surface area contributed by atoms with E-state index in [2.05, 4.69) is 69.1 Å². The second kappa shape index (κ2) is 6.32. The monoisotopic (exact) mass is 347 g/mol. The number of nitrogens with one attached hydrogen (secondary N) is 1. The Kier molecular flexibility index (Phi) is 4.45. The average molecular weight is 348 g/mol. The van der Waals surface area contributed by atoms with Crippen LogP contribution in [-0.4, -0.2) is 16.3 Å². The van der Waals surface area contributed by atoms with E-state index in [1.807, 2.05) is 6.20 Å². The van der Waals surface area contributed by atoms with Gasteiger partial charge in [-0.25, -0.2) is 0 Å². The van der Waals surface area contributed by atoms with Gasteiger partial charge in [0.25, 0.3) is 0 Å². The Morgan fingerprint density at radius 2 is 2.19 bits per heavy atom. The number of likely N-dealkylation sites (N-methyl/N-ethyl adjacent to an activating group) is 1. The van der Waals surface area contributed by atoms with Crippen molar-refractivity contribution in [1.29, 1.82) is 0 Å². The molecule has 0 saturated heterocycles. The lowest BCUT2D eigenvalue weighted by molar-refractivity contribution is 0.418. The molecule has 1 aromatic heterocycles. The lowest BCUT2D eigenvalue weighted by Crippen LogP contribution is -2.28. The van der Waals surface area contributed by atoms with E-state index in [1.165, 1.54) is 29.7 Å². The van der Waals surface area contributed by atoms with Gasteiger partial charge in [0.1, 0.15) is 0 Å². The highest BCUT2D eigenvalue weighted by Gasteiger charge is 2.33. The number of nitrogens with zero attached hydrogens (tertiary/aromatic N) is 2. The molecular formula is C17H22BrN3. The third-order valence-electron chi connectivity index (χ3n) is 4.43. The molecule has 3 nitrogen and oxygen atoms in total. The summed E-state index contributed by atoms with van der Waals surface area (Å²) >= 11 is 3.69. The van der Waals surface area contributed by atoms with Crippen LogP contribution in [0.2, 0.25) is 0 Å². The Labute approximate surface area is 134 Å². The molecule has 1 aliphatic rings. The molecule has 1 aliphatic carbocycles. The van der Waals surface area contributed by atoms with Crippen molar-refractivity contribution in [1.82, 2.24) is 15.1 Å². The van der Waals surface area contributed by atoms with E-state index in [0.717, 1.165) is 17.6 Å². The zero-order valence-corrected chi connectivity index (χ0v) is 14.2. The van der Waals surface area contributed by atoms with Crippen molar-refractivity contribution < 1.29 is 0 Å². The SMILES string of the molecule is CCNC(c1c(Br)cnn1CC)C1CCc2ccccc21. The number of hydrogen-bond acceptors (Lipinski definition) is 2. The quantitative estimate of drug-likeness (QED) is 0.884. The van der Waals surface area contributed by atoms with Crippen LogP contribution in [0.25, 0.3) is 0 Å². The number of aryl methyl sites for hydroxylation is 2. The summed E-state index contributed by atoms with van der Waals surface area (Å²) in [6.07, 6.45) is 4.31. The third-order valence-corrected chi connectivity index (χ3v) is 5.04. The van der Waals surface area contributed by atoms with Crippen LogP contribution in [0, 0.1) is 0 Å². The normalized spacial score (nSPS) is 18.7. The van der Waals surface area contributed by atoms with Crippen LogP contribution in [-0.2, 0) is 13.0 Å². The van der Waals surface area contributed by atoms with Gasteiger partial charge in [-0.05, 0) is 53.4 Å². The second-order valence-electron chi connectivity index (χ2n) is 5.57. The number of rotatable bonds is 5. The summed E-state index contributed by atoms with van der Waals surface area (Å²) in [7, 11) is 0. The Balaban J connectivity index is 2.01. The van der Waals surface area contributed by atoms with Crippen molar-refractivity contribution in [2.45, 2.75) is 45.2 Å². The van der Waals surface area contributed by atoms with Gasteiger partial charge < -0.3 is 5.32 Å². The topological polar surface area (TPSA) is 29.9 Å². The maximum Gasteiger partial charge on any atom is 0.0701 e. The fourth-order valence-corrected chi connectivity index (χ4v) is 4.06. The first-order valence-corrected chi connectivity index (χ1v) is 8.57. The summed E-state index contributed by atoms with van der Waals surface area (Å²) in [6.45, 7) is 6.19. The Hall–Kier alpha value is -1.13. The molecule has 112 valence electrons. The van der Waals surface area contributed by atoms with Crippen molar-refractivity contribution in [2.75, 3.05) is 6.54 Å². The fraction of sp³-hybridized carbons (Fsp3) is 0.471. The molecule has 0 aliphatic heterocycles. The first kappa shape index (κ1) is 14.8. The van der Waals surface area contributed by atoms with Gasteiger partial charge in [-0.2, -0.15) is 5.10 Å². The van der Waals surface area contributed by atoms with Crippen LogP contribution in [0.1, 0.15) is 49.0 Å². The summed E-state index contributed by atoms with van der Waals surface area (Å²) in [5.74, 6) is 0.527. The van der Waals surface area contributed by atoms with Crippen LogP contribution in [0.5, 0.6) is 0 Å². The average Bonchev–Trinajstić information content (AvgIpc) is 3.09. The number of hydrogen-bond donors (Lipinski definition) is 1. The number of halogens is 1. The van der Waals surface area contributed by atoms with Crippen LogP contribution in [0.3, 0.4) is 0 Å². The fourth-order valence-electron chi connectivity index (χ4n) is 3.52. The molecule has 3 rings (SSSR count). The minimum absolute atomic E-state index is 0.315. The zero-order valence-electron chi connectivity index (χ0n) is 12.6.